The lowest BCUT2D eigenvalue weighted by molar-refractivity contribution is 0.474. The first-order chi connectivity index (χ1) is 8.25. The Morgan fingerprint density at radius 3 is 2.65 bits per heavy atom. The van der Waals surface area contributed by atoms with Crippen LogP contribution in [0.1, 0.15) is 24.1 Å². The van der Waals surface area contributed by atoms with Crippen LogP contribution in [-0.4, -0.2) is 11.7 Å². The van der Waals surface area contributed by atoms with E-state index in [1.165, 1.54) is 11.1 Å². The highest BCUT2D eigenvalue weighted by Crippen LogP contribution is 2.16. The van der Waals surface area contributed by atoms with E-state index in [-0.39, 0.29) is 0 Å². The van der Waals surface area contributed by atoms with E-state index in [1.807, 2.05) is 12.1 Å². The molecule has 0 amide bonds. The Morgan fingerprint density at radius 1 is 1.24 bits per heavy atom. The van der Waals surface area contributed by atoms with E-state index >= 15 is 0 Å². The Labute approximate surface area is 106 Å². The van der Waals surface area contributed by atoms with Gasteiger partial charge in [0.1, 0.15) is 5.75 Å². The van der Waals surface area contributed by atoms with Gasteiger partial charge >= 0.3 is 0 Å². The van der Waals surface area contributed by atoms with E-state index in [2.05, 4.69) is 29.1 Å². The molecule has 17 heavy (non-hydrogen) atoms. The molecule has 90 valence electrons. The minimum Gasteiger partial charge on any atom is -0.508 e. The van der Waals surface area contributed by atoms with Gasteiger partial charge in [0.05, 0.1) is 0 Å². The van der Waals surface area contributed by atoms with Crippen LogP contribution in [0.5, 0.6) is 5.75 Å². The maximum absolute atomic E-state index is 9.22. The minimum absolute atomic E-state index is 0.314. The lowest BCUT2D eigenvalue weighted by atomic mass is 10.1. The molecule has 3 heteroatoms. The van der Waals surface area contributed by atoms with Gasteiger partial charge in [-0.05, 0) is 60.0 Å². The van der Waals surface area contributed by atoms with Gasteiger partial charge in [-0.1, -0.05) is 12.1 Å². The number of hydrogen-bond donors (Lipinski definition) is 2. The summed E-state index contributed by atoms with van der Waals surface area (Å²) in [5, 5.41) is 17.0. The summed E-state index contributed by atoms with van der Waals surface area (Å²) in [5.41, 5.74) is 2.59. The molecular formula is C14H17NOS. The summed E-state index contributed by atoms with van der Waals surface area (Å²) >= 11 is 1.74. The molecule has 0 spiro atoms. The maximum Gasteiger partial charge on any atom is 0.115 e. The average molecular weight is 247 g/mol. The zero-order chi connectivity index (χ0) is 12.1. The van der Waals surface area contributed by atoms with Gasteiger partial charge in [-0.3, -0.25) is 0 Å². The van der Waals surface area contributed by atoms with E-state index in [4.69, 9.17) is 0 Å². The molecule has 0 saturated carbocycles. The molecule has 2 N–H and O–H groups in total. The van der Waals surface area contributed by atoms with Crippen molar-refractivity contribution < 1.29 is 5.11 Å². The van der Waals surface area contributed by atoms with Crippen LogP contribution in [0.2, 0.25) is 0 Å². The van der Waals surface area contributed by atoms with Gasteiger partial charge in [-0.2, -0.15) is 11.3 Å². The normalized spacial score (nSPS) is 12.5. The van der Waals surface area contributed by atoms with Crippen molar-refractivity contribution in [1.82, 2.24) is 5.32 Å². The fourth-order valence-corrected chi connectivity index (χ4v) is 2.45. The fourth-order valence-electron chi connectivity index (χ4n) is 1.75. The van der Waals surface area contributed by atoms with Gasteiger partial charge in [0.2, 0.25) is 0 Å². The van der Waals surface area contributed by atoms with Crippen LogP contribution < -0.4 is 5.32 Å². The molecule has 1 unspecified atom stereocenters. The third-order valence-electron chi connectivity index (χ3n) is 2.84. The van der Waals surface area contributed by atoms with Crippen molar-refractivity contribution in [2.75, 3.05) is 6.54 Å². The van der Waals surface area contributed by atoms with Crippen molar-refractivity contribution in [2.45, 2.75) is 19.4 Å². The summed E-state index contributed by atoms with van der Waals surface area (Å²) in [6, 6.07) is 9.85. The van der Waals surface area contributed by atoms with Gasteiger partial charge in [0.15, 0.2) is 0 Å². The second-order valence-electron chi connectivity index (χ2n) is 4.15. The Kier molecular flexibility index (Phi) is 4.18. The predicted octanol–water partition coefficient (Wildman–Crippen LogP) is 3.35. The van der Waals surface area contributed by atoms with E-state index in [0.717, 1.165) is 13.0 Å². The summed E-state index contributed by atoms with van der Waals surface area (Å²) in [6.45, 7) is 3.11. The SMILES string of the molecule is CC(NCCc1ccsc1)c1ccc(O)cc1. The molecule has 0 fully saturated rings. The second kappa shape index (κ2) is 5.84. The summed E-state index contributed by atoms with van der Waals surface area (Å²) < 4.78 is 0. The first kappa shape index (κ1) is 12.1. The van der Waals surface area contributed by atoms with Gasteiger partial charge in [-0.15, -0.1) is 0 Å². The number of hydrogen-bond acceptors (Lipinski definition) is 3. The molecule has 2 nitrogen and oxygen atoms in total. The molecule has 1 aromatic carbocycles. The standard InChI is InChI=1S/C14H17NOS/c1-11(13-2-4-14(16)5-3-13)15-8-6-12-7-9-17-10-12/h2-5,7,9-11,15-16H,6,8H2,1H3. The minimum atomic E-state index is 0.314. The van der Waals surface area contributed by atoms with Gasteiger partial charge in [-0.25, -0.2) is 0 Å². The van der Waals surface area contributed by atoms with Crippen molar-refractivity contribution in [3.05, 3.63) is 52.2 Å². The van der Waals surface area contributed by atoms with E-state index in [9.17, 15) is 5.11 Å². The molecule has 1 aromatic heterocycles. The zero-order valence-electron chi connectivity index (χ0n) is 9.89. The topological polar surface area (TPSA) is 32.3 Å². The number of rotatable bonds is 5. The summed E-state index contributed by atoms with van der Waals surface area (Å²) in [5.74, 6) is 0.319. The molecule has 0 aliphatic heterocycles. The smallest absolute Gasteiger partial charge is 0.115 e. The molecule has 0 saturated heterocycles. The van der Waals surface area contributed by atoms with Crippen molar-refractivity contribution in [3.8, 4) is 5.75 Å². The monoisotopic (exact) mass is 247 g/mol. The lowest BCUT2D eigenvalue weighted by Gasteiger charge is -2.13. The Bertz CT molecular complexity index is 436. The molecule has 1 heterocycles. The van der Waals surface area contributed by atoms with Crippen molar-refractivity contribution >= 4 is 11.3 Å². The first-order valence-corrected chi connectivity index (χ1v) is 6.73. The Morgan fingerprint density at radius 2 is 2.00 bits per heavy atom. The van der Waals surface area contributed by atoms with Crippen LogP contribution >= 0.6 is 11.3 Å². The molecule has 2 rings (SSSR count). The van der Waals surface area contributed by atoms with Gasteiger partial charge in [0, 0.05) is 6.04 Å². The first-order valence-electron chi connectivity index (χ1n) is 5.79. The second-order valence-corrected chi connectivity index (χ2v) is 4.93. The molecule has 1 atom stereocenters. The fraction of sp³-hybridized carbons (Fsp3) is 0.286. The highest BCUT2D eigenvalue weighted by molar-refractivity contribution is 7.07. The number of nitrogens with one attached hydrogen (secondary N) is 1. The summed E-state index contributed by atoms with van der Waals surface area (Å²) in [4.78, 5) is 0. The molecule has 2 aromatic rings. The number of thiophene rings is 1. The van der Waals surface area contributed by atoms with Crippen molar-refractivity contribution in [1.29, 1.82) is 0 Å². The third kappa shape index (κ3) is 3.58. The number of benzene rings is 1. The number of phenols is 1. The van der Waals surface area contributed by atoms with E-state index in [1.54, 1.807) is 23.5 Å². The quantitative estimate of drug-likeness (QED) is 0.849. The molecule has 0 aliphatic rings. The van der Waals surface area contributed by atoms with E-state index in [0.29, 0.717) is 11.8 Å². The zero-order valence-corrected chi connectivity index (χ0v) is 10.7. The van der Waals surface area contributed by atoms with Gasteiger partial charge in [0.25, 0.3) is 0 Å². The summed E-state index contributed by atoms with van der Waals surface area (Å²) in [6.07, 6.45) is 1.06. The molecule has 0 radical (unpaired) electrons. The van der Waals surface area contributed by atoms with Crippen molar-refractivity contribution in [2.24, 2.45) is 0 Å². The van der Waals surface area contributed by atoms with Crippen LogP contribution in [-0.2, 0) is 6.42 Å². The lowest BCUT2D eigenvalue weighted by Crippen LogP contribution is -2.21. The molecular weight excluding hydrogens is 230 g/mol. The van der Waals surface area contributed by atoms with Crippen LogP contribution in [0.15, 0.2) is 41.1 Å². The largest absolute Gasteiger partial charge is 0.508 e. The maximum atomic E-state index is 9.22. The number of phenolic OH excluding ortho intramolecular Hbond substituents is 1. The summed E-state index contributed by atoms with van der Waals surface area (Å²) in [7, 11) is 0. The number of aromatic hydroxyl groups is 1. The van der Waals surface area contributed by atoms with Crippen LogP contribution in [0.4, 0.5) is 0 Å². The predicted molar refractivity (Wildman–Crippen MR) is 72.5 cm³/mol. The highest BCUT2D eigenvalue weighted by Gasteiger charge is 2.04. The van der Waals surface area contributed by atoms with Gasteiger partial charge < -0.3 is 10.4 Å². The molecule has 0 bridgehead atoms. The average Bonchev–Trinajstić information content (AvgIpc) is 2.83. The highest BCUT2D eigenvalue weighted by atomic mass is 32.1. The van der Waals surface area contributed by atoms with Crippen LogP contribution in [0, 0.1) is 0 Å². The molecule has 0 aliphatic carbocycles. The van der Waals surface area contributed by atoms with E-state index < -0.39 is 0 Å². The Balaban J connectivity index is 1.81. The Hall–Kier alpha value is -1.32. The van der Waals surface area contributed by atoms with Crippen molar-refractivity contribution in [3.63, 3.8) is 0 Å². The van der Waals surface area contributed by atoms with Crippen LogP contribution in [0.25, 0.3) is 0 Å². The van der Waals surface area contributed by atoms with Crippen LogP contribution in [0.3, 0.4) is 0 Å². The third-order valence-corrected chi connectivity index (χ3v) is 3.57.